The van der Waals surface area contributed by atoms with Gasteiger partial charge >= 0.3 is 5.97 Å². The summed E-state index contributed by atoms with van der Waals surface area (Å²) in [6.07, 6.45) is 1.99. The van der Waals surface area contributed by atoms with E-state index in [0.29, 0.717) is 6.61 Å². The van der Waals surface area contributed by atoms with Gasteiger partial charge in [0, 0.05) is 11.8 Å². The summed E-state index contributed by atoms with van der Waals surface area (Å²) >= 11 is 0. The fraction of sp³-hybridized carbons (Fsp3) is 0.200. The van der Waals surface area contributed by atoms with Crippen LogP contribution in [-0.2, 0) is 16.0 Å². The maximum Gasteiger partial charge on any atom is 0.310 e. The highest BCUT2D eigenvalue weighted by Crippen LogP contribution is 2.21. The third kappa shape index (κ3) is 2.94. The molecule has 3 nitrogen and oxygen atoms in total. The third-order valence-electron chi connectivity index (χ3n) is 2.58. The molecule has 0 fully saturated rings. The van der Waals surface area contributed by atoms with Crippen molar-refractivity contribution in [2.45, 2.75) is 13.3 Å². The number of carbonyl (C=O) groups is 1. The topological polar surface area (TPSA) is 39.2 Å². The molecule has 0 aliphatic heterocycles. The molecule has 3 heteroatoms. The minimum Gasteiger partial charge on any atom is -0.466 e. The highest BCUT2D eigenvalue weighted by atomic mass is 16.5. The first-order valence-electron chi connectivity index (χ1n) is 5.96. The van der Waals surface area contributed by atoms with Crippen molar-refractivity contribution >= 4 is 5.97 Å². The van der Waals surface area contributed by atoms with Crippen LogP contribution >= 0.6 is 0 Å². The lowest BCUT2D eigenvalue weighted by atomic mass is 10.0. The lowest BCUT2D eigenvalue weighted by Gasteiger charge is -2.08. The first kappa shape index (κ1) is 12.3. The number of hydrogen-bond acceptors (Lipinski definition) is 3. The molecule has 0 aliphatic rings. The molecule has 1 aromatic heterocycles. The molecule has 0 unspecified atom stereocenters. The van der Waals surface area contributed by atoms with Gasteiger partial charge in [-0.3, -0.25) is 9.78 Å². The van der Waals surface area contributed by atoms with E-state index in [-0.39, 0.29) is 12.4 Å². The summed E-state index contributed by atoms with van der Waals surface area (Å²) in [6.45, 7) is 2.21. The van der Waals surface area contributed by atoms with Gasteiger partial charge in [0.05, 0.1) is 18.7 Å². The van der Waals surface area contributed by atoms with Gasteiger partial charge in [-0.05, 0) is 18.6 Å². The number of rotatable bonds is 4. The zero-order valence-electron chi connectivity index (χ0n) is 10.3. The number of hydrogen-bond donors (Lipinski definition) is 0. The van der Waals surface area contributed by atoms with Gasteiger partial charge in [-0.15, -0.1) is 0 Å². The van der Waals surface area contributed by atoms with E-state index in [9.17, 15) is 4.79 Å². The second-order valence-electron chi connectivity index (χ2n) is 3.86. The van der Waals surface area contributed by atoms with Gasteiger partial charge < -0.3 is 4.74 Å². The van der Waals surface area contributed by atoms with Crippen LogP contribution in [0.1, 0.15) is 12.5 Å². The Kier molecular flexibility index (Phi) is 4.07. The Morgan fingerprint density at radius 3 is 2.67 bits per heavy atom. The van der Waals surface area contributed by atoms with Crippen molar-refractivity contribution in [2.75, 3.05) is 6.61 Å². The van der Waals surface area contributed by atoms with Crippen molar-refractivity contribution in [1.82, 2.24) is 4.98 Å². The van der Waals surface area contributed by atoms with Gasteiger partial charge in [-0.25, -0.2) is 0 Å². The molecule has 1 heterocycles. The van der Waals surface area contributed by atoms with Gasteiger partial charge in [0.1, 0.15) is 0 Å². The maximum atomic E-state index is 11.5. The molecule has 0 spiro atoms. The SMILES string of the molecule is CCOC(=O)Cc1cccnc1-c1ccccc1. The smallest absolute Gasteiger partial charge is 0.310 e. The lowest BCUT2D eigenvalue weighted by Crippen LogP contribution is -2.08. The van der Waals surface area contributed by atoms with Crippen LogP contribution in [0.2, 0.25) is 0 Å². The second kappa shape index (κ2) is 5.96. The Hall–Kier alpha value is -2.16. The minimum absolute atomic E-state index is 0.220. The number of pyridine rings is 1. The zero-order chi connectivity index (χ0) is 12.8. The Labute approximate surface area is 106 Å². The van der Waals surface area contributed by atoms with Crippen LogP contribution < -0.4 is 0 Å². The van der Waals surface area contributed by atoms with Gasteiger partial charge in [0.15, 0.2) is 0 Å². The lowest BCUT2D eigenvalue weighted by molar-refractivity contribution is -0.142. The number of aromatic nitrogens is 1. The first-order chi connectivity index (χ1) is 8.81. The van der Waals surface area contributed by atoms with Crippen molar-refractivity contribution in [3.8, 4) is 11.3 Å². The molecule has 2 rings (SSSR count). The molecule has 0 saturated heterocycles. The number of carbonyl (C=O) groups excluding carboxylic acids is 1. The van der Waals surface area contributed by atoms with Crippen molar-refractivity contribution in [1.29, 1.82) is 0 Å². The first-order valence-corrected chi connectivity index (χ1v) is 5.96. The molecule has 2 aromatic rings. The summed E-state index contributed by atoms with van der Waals surface area (Å²) in [5, 5.41) is 0. The molecular formula is C15H15NO2. The van der Waals surface area contributed by atoms with E-state index in [1.807, 2.05) is 42.5 Å². The summed E-state index contributed by atoms with van der Waals surface area (Å²) in [5.41, 5.74) is 2.74. The van der Waals surface area contributed by atoms with Gasteiger partial charge in [-0.1, -0.05) is 36.4 Å². The largest absolute Gasteiger partial charge is 0.466 e. The van der Waals surface area contributed by atoms with E-state index in [0.717, 1.165) is 16.8 Å². The molecule has 0 saturated carbocycles. The summed E-state index contributed by atoms with van der Waals surface area (Å²) in [5.74, 6) is -0.220. The van der Waals surface area contributed by atoms with E-state index in [4.69, 9.17) is 4.74 Å². The van der Waals surface area contributed by atoms with Crippen LogP contribution in [0.25, 0.3) is 11.3 Å². The molecule has 1 aromatic carbocycles. The molecule has 92 valence electrons. The quantitative estimate of drug-likeness (QED) is 0.773. The van der Waals surface area contributed by atoms with E-state index in [1.165, 1.54) is 0 Å². The van der Waals surface area contributed by atoms with Crippen LogP contribution in [0.3, 0.4) is 0 Å². The predicted octanol–water partition coefficient (Wildman–Crippen LogP) is 2.85. The minimum atomic E-state index is -0.220. The van der Waals surface area contributed by atoms with Gasteiger partial charge in [0.2, 0.25) is 0 Å². The predicted molar refractivity (Wildman–Crippen MR) is 70.0 cm³/mol. The number of nitrogens with zero attached hydrogens (tertiary/aromatic N) is 1. The number of ether oxygens (including phenoxy) is 1. The van der Waals surface area contributed by atoms with Crippen molar-refractivity contribution < 1.29 is 9.53 Å². The Balaban J connectivity index is 2.29. The van der Waals surface area contributed by atoms with Crippen LogP contribution in [0.15, 0.2) is 48.7 Å². The molecule has 0 amide bonds. The van der Waals surface area contributed by atoms with Crippen LogP contribution in [-0.4, -0.2) is 17.6 Å². The fourth-order valence-electron chi connectivity index (χ4n) is 1.80. The Bertz CT molecular complexity index is 523. The standard InChI is InChI=1S/C15H15NO2/c1-2-18-14(17)11-13-9-6-10-16-15(13)12-7-4-3-5-8-12/h3-10H,2,11H2,1H3. The molecule has 0 bridgehead atoms. The summed E-state index contributed by atoms with van der Waals surface area (Å²) in [4.78, 5) is 15.9. The molecule has 0 radical (unpaired) electrons. The average Bonchev–Trinajstić information content (AvgIpc) is 2.40. The third-order valence-corrected chi connectivity index (χ3v) is 2.58. The van der Waals surface area contributed by atoms with Crippen LogP contribution in [0.5, 0.6) is 0 Å². The van der Waals surface area contributed by atoms with E-state index >= 15 is 0 Å². The van der Waals surface area contributed by atoms with Crippen molar-refractivity contribution in [3.05, 3.63) is 54.2 Å². The summed E-state index contributed by atoms with van der Waals surface area (Å²) in [7, 11) is 0. The van der Waals surface area contributed by atoms with Crippen LogP contribution in [0.4, 0.5) is 0 Å². The number of esters is 1. The highest BCUT2D eigenvalue weighted by Gasteiger charge is 2.10. The zero-order valence-corrected chi connectivity index (χ0v) is 10.3. The fourth-order valence-corrected chi connectivity index (χ4v) is 1.80. The van der Waals surface area contributed by atoms with Crippen LogP contribution in [0, 0.1) is 0 Å². The Morgan fingerprint density at radius 2 is 1.94 bits per heavy atom. The molecule has 0 N–H and O–H groups in total. The molecular weight excluding hydrogens is 226 g/mol. The second-order valence-corrected chi connectivity index (χ2v) is 3.86. The van der Waals surface area contributed by atoms with E-state index in [1.54, 1.807) is 13.1 Å². The van der Waals surface area contributed by atoms with E-state index < -0.39 is 0 Å². The normalized spacial score (nSPS) is 10.1. The molecule has 0 aliphatic carbocycles. The molecule has 18 heavy (non-hydrogen) atoms. The summed E-state index contributed by atoms with van der Waals surface area (Å²) in [6, 6.07) is 13.6. The van der Waals surface area contributed by atoms with Gasteiger partial charge in [-0.2, -0.15) is 0 Å². The van der Waals surface area contributed by atoms with Crippen molar-refractivity contribution in [2.24, 2.45) is 0 Å². The maximum absolute atomic E-state index is 11.5. The summed E-state index contributed by atoms with van der Waals surface area (Å²) < 4.78 is 4.97. The monoisotopic (exact) mass is 241 g/mol. The van der Waals surface area contributed by atoms with E-state index in [2.05, 4.69) is 4.98 Å². The Morgan fingerprint density at radius 1 is 1.17 bits per heavy atom. The highest BCUT2D eigenvalue weighted by molar-refractivity contribution is 5.76. The van der Waals surface area contributed by atoms with Crippen molar-refractivity contribution in [3.63, 3.8) is 0 Å². The van der Waals surface area contributed by atoms with Gasteiger partial charge in [0.25, 0.3) is 0 Å². The number of benzene rings is 1. The molecule has 0 atom stereocenters. The average molecular weight is 241 g/mol.